The minimum absolute atomic E-state index is 0.00688. The maximum Gasteiger partial charge on any atom is 0.228 e. The summed E-state index contributed by atoms with van der Waals surface area (Å²) in [6, 6.07) is 13.4. The zero-order valence-electron chi connectivity index (χ0n) is 12.1. The monoisotopic (exact) mass is 269 g/mol. The molecule has 104 valence electrons. The van der Waals surface area contributed by atoms with Crippen molar-refractivity contribution in [2.75, 3.05) is 12.4 Å². The fourth-order valence-electron chi connectivity index (χ4n) is 2.24. The molecule has 0 unspecified atom stereocenters. The summed E-state index contributed by atoms with van der Waals surface area (Å²) in [5, 5.41) is 2.90. The molecule has 2 aromatic carbocycles. The van der Waals surface area contributed by atoms with Gasteiger partial charge in [0.15, 0.2) is 0 Å². The number of hydrogen-bond acceptors (Lipinski definition) is 2. The van der Waals surface area contributed by atoms with Gasteiger partial charge >= 0.3 is 0 Å². The van der Waals surface area contributed by atoms with Gasteiger partial charge in [0, 0.05) is 5.69 Å². The Kier molecular flexibility index (Phi) is 4.41. The summed E-state index contributed by atoms with van der Waals surface area (Å²) in [5.41, 5.74) is 4.02. The molecule has 0 radical (unpaired) electrons. The first kappa shape index (κ1) is 14.1. The number of carbonyl (C=O) groups is 1. The average Bonchev–Trinajstić information content (AvgIpc) is 2.43. The Hall–Kier alpha value is -2.29. The Morgan fingerprint density at radius 3 is 2.25 bits per heavy atom. The first-order chi connectivity index (χ1) is 9.60. The van der Waals surface area contributed by atoms with Gasteiger partial charge in [-0.2, -0.15) is 0 Å². The number of carbonyl (C=O) groups excluding carboxylic acids is 1. The number of aryl methyl sites for hydroxylation is 2. The third-order valence-corrected chi connectivity index (χ3v) is 3.30. The molecule has 3 nitrogen and oxygen atoms in total. The highest BCUT2D eigenvalue weighted by molar-refractivity contribution is 5.92. The molecule has 0 atom stereocenters. The van der Waals surface area contributed by atoms with E-state index in [4.69, 9.17) is 4.74 Å². The van der Waals surface area contributed by atoms with Crippen LogP contribution in [0.15, 0.2) is 42.5 Å². The second kappa shape index (κ2) is 6.24. The molecule has 0 aliphatic rings. The maximum absolute atomic E-state index is 12.1. The molecule has 0 saturated carbocycles. The average molecular weight is 269 g/mol. The molecule has 0 fully saturated rings. The van der Waals surface area contributed by atoms with E-state index < -0.39 is 0 Å². The van der Waals surface area contributed by atoms with Crippen molar-refractivity contribution in [2.45, 2.75) is 20.3 Å². The molecule has 2 aromatic rings. The quantitative estimate of drug-likeness (QED) is 0.922. The first-order valence-electron chi connectivity index (χ1n) is 6.59. The Balaban J connectivity index is 2.12. The van der Waals surface area contributed by atoms with Crippen LogP contribution in [0.1, 0.15) is 16.7 Å². The molecule has 0 saturated heterocycles. The lowest BCUT2D eigenvalue weighted by Crippen LogP contribution is -2.15. The molecule has 0 aliphatic carbocycles. The summed E-state index contributed by atoms with van der Waals surface area (Å²) < 4.78 is 5.23. The van der Waals surface area contributed by atoms with Crippen molar-refractivity contribution in [2.24, 2.45) is 0 Å². The summed E-state index contributed by atoms with van der Waals surface area (Å²) in [5.74, 6) is 0.819. The standard InChI is InChI=1S/C17H19NO2/c1-12-9-15(20-3)10-13(2)16(12)11-17(19)18-14-7-5-4-6-8-14/h4-10H,11H2,1-3H3,(H,18,19). The number of nitrogens with one attached hydrogen (secondary N) is 1. The van der Waals surface area contributed by atoms with Crippen LogP contribution >= 0.6 is 0 Å². The summed E-state index contributed by atoms with van der Waals surface area (Å²) in [6.07, 6.45) is 0.372. The number of ether oxygens (including phenoxy) is 1. The molecule has 1 N–H and O–H groups in total. The topological polar surface area (TPSA) is 38.3 Å². The third-order valence-electron chi connectivity index (χ3n) is 3.30. The first-order valence-corrected chi connectivity index (χ1v) is 6.59. The molecular formula is C17H19NO2. The fraction of sp³-hybridized carbons (Fsp3) is 0.235. The number of benzene rings is 2. The van der Waals surface area contributed by atoms with Gasteiger partial charge < -0.3 is 10.1 Å². The fourth-order valence-corrected chi connectivity index (χ4v) is 2.24. The smallest absolute Gasteiger partial charge is 0.228 e. The number of rotatable bonds is 4. The van der Waals surface area contributed by atoms with E-state index in [2.05, 4.69) is 5.32 Å². The number of hydrogen-bond donors (Lipinski definition) is 1. The summed E-state index contributed by atoms with van der Waals surface area (Å²) in [4.78, 5) is 12.1. The van der Waals surface area contributed by atoms with E-state index >= 15 is 0 Å². The summed E-state index contributed by atoms with van der Waals surface area (Å²) in [7, 11) is 1.65. The Labute approximate surface area is 119 Å². The molecule has 0 heterocycles. The number of amides is 1. The van der Waals surface area contributed by atoms with E-state index in [1.165, 1.54) is 0 Å². The van der Waals surface area contributed by atoms with Gasteiger partial charge in [-0.3, -0.25) is 4.79 Å². The summed E-state index contributed by atoms with van der Waals surface area (Å²) >= 11 is 0. The number of anilines is 1. The Morgan fingerprint density at radius 1 is 1.10 bits per heavy atom. The molecule has 3 heteroatoms. The van der Waals surface area contributed by atoms with Gasteiger partial charge in [-0.1, -0.05) is 18.2 Å². The van der Waals surface area contributed by atoms with E-state index in [1.807, 2.05) is 56.3 Å². The second-order valence-electron chi connectivity index (χ2n) is 4.83. The van der Waals surface area contributed by atoms with E-state index in [9.17, 15) is 4.79 Å². The predicted molar refractivity (Wildman–Crippen MR) is 81.2 cm³/mol. The van der Waals surface area contributed by atoms with Crippen LogP contribution in [0.25, 0.3) is 0 Å². The molecule has 0 aliphatic heterocycles. The van der Waals surface area contributed by atoms with Gasteiger partial charge in [-0.25, -0.2) is 0 Å². The van der Waals surface area contributed by atoms with Crippen molar-refractivity contribution >= 4 is 11.6 Å². The van der Waals surface area contributed by atoms with E-state index in [1.54, 1.807) is 7.11 Å². The van der Waals surface area contributed by atoms with E-state index in [-0.39, 0.29) is 5.91 Å². The highest BCUT2D eigenvalue weighted by Crippen LogP contribution is 2.22. The van der Waals surface area contributed by atoms with Crippen molar-refractivity contribution in [1.82, 2.24) is 0 Å². The van der Waals surface area contributed by atoms with Crippen LogP contribution in [0.2, 0.25) is 0 Å². The van der Waals surface area contributed by atoms with E-state index in [0.717, 1.165) is 28.1 Å². The predicted octanol–water partition coefficient (Wildman–Crippen LogP) is 3.49. The molecule has 1 amide bonds. The van der Waals surface area contributed by atoms with Crippen molar-refractivity contribution < 1.29 is 9.53 Å². The SMILES string of the molecule is COc1cc(C)c(CC(=O)Nc2ccccc2)c(C)c1. The van der Waals surface area contributed by atoms with Gasteiger partial charge in [-0.15, -0.1) is 0 Å². The Bertz CT molecular complexity index is 583. The van der Waals surface area contributed by atoms with Crippen molar-refractivity contribution in [3.63, 3.8) is 0 Å². The minimum Gasteiger partial charge on any atom is -0.497 e. The van der Waals surface area contributed by atoms with Crippen LogP contribution in [-0.2, 0) is 11.2 Å². The van der Waals surface area contributed by atoms with Crippen LogP contribution in [-0.4, -0.2) is 13.0 Å². The summed E-state index contributed by atoms with van der Waals surface area (Å²) in [6.45, 7) is 4.00. The van der Waals surface area contributed by atoms with Crippen LogP contribution in [0, 0.1) is 13.8 Å². The molecular weight excluding hydrogens is 250 g/mol. The molecule has 0 bridgehead atoms. The zero-order chi connectivity index (χ0) is 14.5. The second-order valence-corrected chi connectivity index (χ2v) is 4.83. The zero-order valence-corrected chi connectivity index (χ0v) is 12.1. The van der Waals surface area contributed by atoms with Gasteiger partial charge in [0.25, 0.3) is 0 Å². The van der Waals surface area contributed by atoms with Gasteiger partial charge in [0.2, 0.25) is 5.91 Å². The van der Waals surface area contributed by atoms with Crippen LogP contribution in [0.5, 0.6) is 5.75 Å². The molecule has 20 heavy (non-hydrogen) atoms. The van der Waals surface area contributed by atoms with Gasteiger partial charge in [0.1, 0.15) is 5.75 Å². The van der Waals surface area contributed by atoms with Crippen molar-refractivity contribution in [3.05, 3.63) is 59.2 Å². The number of para-hydroxylation sites is 1. The molecule has 2 rings (SSSR count). The van der Waals surface area contributed by atoms with E-state index in [0.29, 0.717) is 6.42 Å². The van der Waals surface area contributed by atoms with Crippen LogP contribution < -0.4 is 10.1 Å². The normalized spacial score (nSPS) is 10.2. The van der Waals surface area contributed by atoms with Crippen molar-refractivity contribution in [3.8, 4) is 5.75 Å². The van der Waals surface area contributed by atoms with Crippen LogP contribution in [0.4, 0.5) is 5.69 Å². The van der Waals surface area contributed by atoms with Gasteiger partial charge in [-0.05, 0) is 54.8 Å². The number of methoxy groups -OCH3 is 1. The lowest BCUT2D eigenvalue weighted by Gasteiger charge is -2.12. The highest BCUT2D eigenvalue weighted by Gasteiger charge is 2.10. The highest BCUT2D eigenvalue weighted by atomic mass is 16.5. The maximum atomic E-state index is 12.1. The third kappa shape index (κ3) is 3.38. The lowest BCUT2D eigenvalue weighted by molar-refractivity contribution is -0.115. The molecule has 0 aromatic heterocycles. The Morgan fingerprint density at radius 2 is 1.70 bits per heavy atom. The van der Waals surface area contributed by atoms with Gasteiger partial charge in [0.05, 0.1) is 13.5 Å². The van der Waals surface area contributed by atoms with Crippen molar-refractivity contribution in [1.29, 1.82) is 0 Å². The largest absolute Gasteiger partial charge is 0.497 e. The minimum atomic E-state index is -0.00688. The lowest BCUT2D eigenvalue weighted by atomic mass is 9.99. The molecule has 0 spiro atoms. The van der Waals surface area contributed by atoms with Crippen LogP contribution in [0.3, 0.4) is 0 Å².